The predicted octanol–water partition coefficient (Wildman–Crippen LogP) is 2.51. The molecule has 2 aromatic rings. The van der Waals surface area contributed by atoms with Crippen LogP contribution in [-0.2, 0) is 11.3 Å². The van der Waals surface area contributed by atoms with Crippen molar-refractivity contribution in [3.63, 3.8) is 0 Å². The van der Waals surface area contributed by atoms with Gasteiger partial charge in [0.1, 0.15) is 11.0 Å². The molecule has 1 saturated heterocycles. The van der Waals surface area contributed by atoms with Crippen LogP contribution in [0.2, 0.25) is 5.02 Å². The fourth-order valence-corrected chi connectivity index (χ4v) is 2.58. The van der Waals surface area contributed by atoms with Crippen LogP contribution in [0, 0.1) is 5.92 Å². The van der Waals surface area contributed by atoms with Gasteiger partial charge in [0.05, 0.1) is 11.6 Å². The molecule has 1 aliphatic heterocycles. The van der Waals surface area contributed by atoms with Crippen molar-refractivity contribution in [3.8, 4) is 0 Å². The van der Waals surface area contributed by atoms with E-state index in [1.54, 1.807) is 0 Å². The molecule has 1 atom stereocenters. The second kappa shape index (κ2) is 4.63. The first-order chi connectivity index (χ1) is 8.34. The van der Waals surface area contributed by atoms with E-state index in [1.165, 1.54) is 6.42 Å². The largest absolute Gasteiger partial charge is 0.381 e. The summed E-state index contributed by atoms with van der Waals surface area (Å²) in [6, 6.07) is 5.70. The van der Waals surface area contributed by atoms with E-state index in [2.05, 4.69) is 10.3 Å². The average Bonchev–Trinajstić information content (AvgIpc) is 2.75. The first-order valence-electron chi connectivity index (χ1n) is 5.90. The number of benzene rings is 1. The number of nitrogens with zero attached hydrogens (tertiary/aromatic N) is 3. The molecule has 4 nitrogen and oxygen atoms in total. The third-order valence-electron chi connectivity index (χ3n) is 3.17. The lowest BCUT2D eigenvalue weighted by Gasteiger charge is -2.21. The van der Waals surface area contributed by atoms with Gasteiger partial charge in [0, 0.05) is 19.1 Å². The summed E-state index contributed by atoms with van der Waals surface area (Å²) in [5.41, 5.74) is 1.79. The number of hydrogen-bond acceptors (Lipinski definition) is 3. The Labute approximate surface area is 105 Å². The number of para-hydroxylation sites is 1. The van der Waals surface area contributed by atoms with Gasteiger partial charge in [-0.1, -0.05) is 22.9 Å². The molecular weight excluding hydrogens is 238 g/mol. The molecule has 3 rings (SSSR count). The number of hydrogen-bond donors (Lipinski definition) is 0. The molecule has 1 fully saturated rings. The lowest BCUT2D eigenvalue weighted by atomic mass is 10.0. The fourth-order valence-electron chi connectivity index (χ4n) is 2.31. The maximum atomic E-state index is 6.19. The number of rotatable bonds is 2. The molecule has 0 aliphatic carbocycles. The van der Waals surface area contributed by atoms with Crippen molar-refractivity contribution in [3.05, 3.63) is 23.2 Å². The number of fused-ring (bicyclic) bond motifs is 1. The van der Waals surface area contributed by atoms with Crippen molar-refractivity contribution < 1.29 is 4.74 Å². The Hall–Kier alpha value is -1.13. The minimum atomic E-state index is 0.518. The van der Waals surface area contributed by atoms with Crippen molar-refractivity contribution in [2.45, 2.75) is 19.4 Å². The van der Waals surface area contributed by atoms with Gasteiger partial charge in [0.25, 0.3) is 0 Å². The molecular formula is C12H14ClN3O. The van der Waals surface area contributed by atoms with Crippen molar-refractivity contribution in [1.29, 1.82) is 0 Å². The summed E-state index contributed by atoms with van der Waals surface area (Å²) in [5, 5.41) is 9.02. The molecule has 0 amide bonds. The van der Waals surface area contributed by atoms with Gasteiger partial charge < -0.3 is 4.74 Å². The second-order valence-electron chi connectivity index (χ2n) is 4.46. The lowest BCUT2D eigenvalue weighted by molar-refractivity contribution is 0.0473. The summed E-state index contributed by atoms with van der Waals surface area (Å²) in [6.07, 6.45) is 2.32. The van der Waals surface area contributed by atoms with Crippen LogP contribution in [-0.4, -0.2) is 28.2 Å². The van der Waals surface area contributed by atoms with E-state index in [0.29, 0.717) is 10.9 Å². The van der Waals surface area contributed by atoms with E-state index in [1.807, 2.05) is 22.9 Å². The Morgan fingerprint density at radius 3 is 3.24 bits per heavy atom. The first kappa shape index (κ1) is 11.0. The molecule has 0 spiro atoms. The van der Waals surface area contributed by atoms with Gasteiger partial charge in [-0.3, -0.25) is 0 Å². The Kier molecular flexibility index (Phi) is 2.99. The van der Waals surface area contributed by atoms with E-state index >= 15 is 0 Å². The van der Waals surface area contributed by atoms with Crippen LogP contribution in [0.25, 0.3) is 11.0 Å². The molecule has 2 heterocycles. The summed E-state index contributed by atoms with van der Waals surface area (Å²) >= 11 is 6.19. The monoisotopic (exact) mass is 251 g/mol. The maximum Gasteiger partial charge on any atom is 0.114 e. The zero-order chi connectivity index (χ0) is 11.7. The minimum absolute atomic E-state index is 0.518. The van der Waals surface area contributed by atoms with Crippen LogP contribution in [0.5, 0.6) is 0 Å². The summed E-state index contributed by atoms with van der Waals surface area (Å²) in [5.74, 6) is 0.518. The van der Waals surface area contributed by atoms with Crippen LogP contribution in [0.15, 0.2) is 18.2 Å². The highest BCUT2D eigenvalue weighted by Crippen LogP contribution is 2.23. The molecule has 5 heteroatoms. The molecule has 1 aliphatic rings. The van der Waals surface area contributed by atoms with Gasteiger partial charge in [-0.05, 0) is 25.0 Å². The van der Waals surface area contributed by atoms with E-state index in [-0.39, 0.29) is 0 Å². The summed E-state index contributed by atoms with van der Waals surface area (Å²) in [4.78, 5) is 0. The lowest BCUT2D eigenvalue weighted by Crippen LogP contribution is -2.22. The number of aromatic nitrogens is 3. The molecule has 90 valence electrons. The summed E-state index contributed by atoms with van der Waals surface area (Å²) < 4.78 is 7.38. The van der Waals surface area contributed by atoms with Gasteiger partial charge in [-0.2, -0.15) is 0 Å². The topological polar surface area (TPSA) is 39.9 Å². The highest BCUT2D eigenvalue weighted by molar-refractivity contribution is 6.34. The number of ether oxygens (including phenoxy) is 1. The van der Waals surface area contributed by atoms with Gasteiger partial charge in [-0.25, -0.2) is 4.68 Å². The summed E-state index contributed by atoms with van der Waals surface area (Å²) in [6.45, 7) is 2.53. The standard InChI is InChI=1S/C12H14ClN3O/c13-10-4-1-5-11-12(10)16(15-14-11)7-9-3-2-6-17-8-9/h1,4-5,9H,2-3,6-8H2. The molecule has 1 aromatic heterocycles. The van der Waals surface area contributed by atoms with Crippen LogP contribution in [0.1, 0.15) is 12.8 Å². The molecule has 1 unspecified atom stereocenters. The maximum absolute atomic E-state index is 6.19. The third kappa shape index (κ3) is 2.15. The molecule has 0 radical (unpaired) electrons. The first-order valence-corrected chi connectivity index (χ1v) is 6.28. The molecule has 17 heavy (non-hydrogen) atoms. The van der Waals surface area contributed by atoms with Gasteiger partial charge >= 0.3 is 0 Å². The minimum Gasteiger partial charge on any atom is -0.381 e. The van der Waals surface area contributed by atoms with Gasteiger partial charge in [0.15, 0.2) is 0 Å². The van der Waals surface area contributed by atoms with Crippen molar-refractivity contribution in [2.75, 3.05) is 13.2 Å². The Morgan fingerprint density at radius 1 is 1.47 bits per heavy atom. The SMILES string of the molecule is Clc1cccc2nnn(CC3CCCOC3)c12. The van der Waals surface area contributed by atoms with Crippen molar-refractivity contribution in [2.24, 2.45) is 5.92 Å². The second-order valence-corrected chi connectivity index (χ2v) is 4.87. The van der Waals surface area contributed by atoms with Crippen molar-refractivity contribution >= 4 is 22.6 Å². The molecule has 0 saturated carbocycles. The van der Waals surface area contributed by atoms with E-state index in [4.69, 9.17) is 16.3 Å². The molecule has 0 bridgehead atoms. The highest BCUT2D eigenvalue weighted by atomic mass is 35.5. The quantitative estimate of drug-likeness (QED) is 0.823. The van der Waals surface area contributed by atoms with Crippen LogP contribution in [0.3, 0.4) is 0 Å². The normalized spacial score (nSPS) is 20.9. The third-order valence-corrected chi connectivity index (χ3v) is 3.47. The molecule has 0 N–H and O–H groups in total. The zero-order valence-electron chi connectivity index (χ0n) is 9.47. The Balaban J connectivity index is 1.89. The van der Waals surface area contributed by atoms with E-state index in [9.17, 15) is 0 Å². The predicted molar refractivity (Wildman–Crippen MR) is 66.1 cm³/mol. The fraction of sp³-hybridized carbons (Fsp3) is 0.500. The smallest absolute Gasteiger partial charge is 0.114 e. The van der Waals surface area contributed by atoms with Crippen LogP contribution >= 0.6 is 11.6 Å². The average molecular weight is 252 g/mol. The van der Waals surface area contributed by atoms with Gasteiger partial charge in [-0.15, -0.1) is 5.10 Å². The highest BCUT2D eigenvalue weighted by Gasteiger charge is 2.17. The Morgan fingerprint density at radius 2 is 2.41 bits per heavy atom. The summed E-state index contributed by atoms with van der Waals surface area (Å²) in [7, 11) is 0. The molecule has 1 aromatic carbocycles. The van der Waals surface area contributed by atoms with Crippen molar-refractivity contribution in [1.82, 2.24) is 15.0 Å². The van der Waals surface area contributed by atoms with Crippen LogP contribution < -0.4 is 0 Å². The van der Waals surface area contributed by atoms with Gasteiger partial charge in [0.2, 0.25) is 0 Å². The zero-order valence-corrected chi connectivity index (χ0v) is 10.2. The van der Waals surface area contributed by atoms with Crippen LogP contribution in [0.4, 0.5) is 0 Å². The Bertz CT molecular complexity index is 519. The number of halogens is 1. The van der Waals surface area contributed by atoms with E-state index in [0.717, 1.165) is 37.2 Å². The van der Waals surface area contributed by atoms with E-state index < -0.39 is 0 Å².